The third kappa shape index (κ3) is 3.19. The van der Waals surface area contributed by atoms with E-state index in [1.54, 1.807) is 0 Å². The Kier molecular flexibility index (Phi) is 3.96. The number of nitrogens with one attached hydrogen (secondary N) is 2. The van der Waals surface area contributed by atoms with Gasteiger partial charge in [0.05, 0.1) is 6.10 Å². The molecule has 0 aliphatic rings. The Morgan fingerprint density at radius 1 is 1.18 bits per heavy atom. The quantitative estimate of drug-likeness (QED) is 0.737. The van der Waals surface area contributed by atoms with Crippen molar-refractivity contribution >= 4 is 0 Å². The SMILES string of the molecule is C[C@H](NCc1ccc[nH]1)[C@H](O)c1ccccc1. The summed E-state index contributed by atoms with van der Waals surface area (Å²) in [5.41, 5.74) is 2.07. The molecule has 0 aliphatic carbocycles. The van der Waals surface area contributed by atoms with Gasteiger partial charge in [0.1, 0.15) is 0 Å². The minimum atomic E-state index is -0.480. The summed E-state index contributed by atoms with van der Waals surface area (Å²) in [6.07, 6.45) is 1.42. The lowest BCUT2D eigenvalue weighted by Gasteiger charge is -2.20. The van der Waals surface area contributed by atoms with Crippen LogP contribution in [0.1, 0.15) is 24.3 Å². The summed E-state index contributed by atoms with van der Waals surface area (Å²) < 4.78 is 0. The van der Waals surface area contributed by atoms with Crippen LogP contribution in [0, 0.1) is 0 Å². The maximum atomic E-state index is 10.1. The van der Waals surface area contributed by atoms with E-state index in [0.29, 0.717) is 0 Å². The molecule has 0 aliphatic heterocycles. The highest BCUT2D eigenvalue weighted by molar-refractivity contribution is 5.18. The Bertz CT molecular complexity index is 425. The molecule has 0 amide bonds. The van der Waals surface area contributed by atoms with Crippen LogP contribution in [-0.4, -0.2) is 16.1 Å². The van der Waals surface area contributed by atoms with Crippen molar-refractivity contribution < 1.29 is 5.11 Å². The largest absolute Gasteiger partial charge is 0.387 e. The Morgan fingerprint density at radius 2 is 1.94 bits per heavy atom. The zero-order chi connectivity index (χ0) is 12.1. The van der Waals surface area contributed by atoms with Crippen LogP contribution < -0.4 is 5.32 Å². The lowest BCUT2D eigenvalue weighted by atomic mass is 10.0. The number of aliphatic hydroxyl groups is 1. The molecule has 1 heterocycles. The number of aromatic amines is 1. The first kappa shape index (κ1) is 11.9. The Labute approximate surface area is 102 Å². The second-order valence-electron chi connectivity index (χ2n) is 4.22. The van der Waals surface area contributed by atoms with Crippen molar-refractivity contribution in [3.63, 3.8) is 0 Å². The van der Waals surface area contributed by atoms with E-state index in [2.05, 4.69) is 10.3 Å². The molecular weight excluding hydrogens is 212 g/mol. The molecule has 0 saturated heterocycles. The highest BCUT2D eigenvalue weighted by atomic mass is 16.3. The molecule has 17 heavy (non-hydrogen) atoms. The van der Waals surface area contributed by atoms with E-state index in [1.165, 1.54) is 0 Å². The molecule has 1 aromatic heterocycles. The lowest BCUT2D eigenvalue weighted by Crippen LogP contribution is -2.31. The smallest absolute Gasteiger partial charge is 0.0940 e. The molecule has 2 atom stereocenters. The van der Waals surface area contributed by atoms with Gasteiger partial charge in [-0.1, -0.05) is 30.3 Å². The van der Waals surface area contributed by atoms with E-state index in [1.807, 2.05) is 55.6 Å². The second kappa shape index (κ2) is 5.66. The highest BCUT2D eigenvalue weighted by Crippen LogP contribution is 2.16. The van der Waals surface area contributed by atoms with Crippen molar-refractivity contribution in [2.75, 3.05) is 0 Å². The van der Waals surface area contributed by atoms with Gasteiger partial charge in [0, 0.05) is 24.5 Å². The zero-order valence-electron chi connectivity index (χ0n) is 9.93. The summed E-state index contributed by atoms with van der Waals surface area (Å²) in [6, 6.07) is 13.7. The molecule has 3 N–H and O–H groups in total. The van der Waals surface area contributed by atoms with Crippen LogP contribution in [0.2, 0.25) is 0 Å². The van der Waals surface area contributed by atoms with Crippen LogP contribution in [0.3, 0.4) is 0 Å². The third-order valence-corrected chi connectivity index (χ3v) is 2.89. The van der Waals surface area contributed by atoms with Crippen molar-refractivity contribution in [1.82, 2.24) is 10.3 Å². The van der Waals surface area contributed by atoms with Crippen LogP contribution in [0.15, 0.2) is 48.7 Å². The molecule has 2 rings (SSSR count). The first-order valence-electron chi connectivity index (χ1n) is 5.86. The van der Waals surface area contributed by atoms with Crippen molar-refractivity contribution in [2.24, 2.45) is 0 Å². The topological polar surface area (TPSA) is 48.0 Å². The molecule has 0 spiro atoms. The zero-order valence-corrected chi connectivity index (χ0v) is 9.93. The van der Waals surface area contributed by atoms with Crippen LogP contribution in [0.5, 0.6) is 0 Å². The molecule has 2 aromatic rings. The number of benzene rings is 1. The molecule has 0 radical (unpaired) electrons. The summed E-state index contributed by atoms with van der Waals surface area (Å²) in [5, 5.41) is 13.4. The molecule has 90 valence electrons. The number of hydrogen-bond acceptors (Lipinski definition) is 2. The molecule has 3 heteroatoms. The average molecular weight is 230 g/mol. The maximum absolute atomic E-state index is 10.1. The van der Waals surface area contributed by atoms with E-state index >= 15 is 0 Å². The summed E-state index contributed by atoms with van der Waals surface area (Å²) >= 11 is 0. The number of hydrogen-bond donors (Lipinski definition) is 3. The van der Waals surface area contributed by atoms with Gasteiger partial charge in [0.25, 0.3) is 0 Å². The van der Waals surface area contributed by atoms with E-state index in [0.717, 1.165) is 17.8 Å². The summed E-state index contributed by atoms with van der Waals surface area (Å²) in [5.74, 6) is 0. The number of aromatic nitrogens is 1. The van der Waals surface area contributed by atoms with Gasteiger partial charge in [-0.2, -0.15) is 0 Å². The average Bonchev–Trinajstić information content (AvgIpc) is 2.89. The molecule has 0 unspecified atom stereocenters. The first-order chi connectivity index (χ1) is 8.27. The molecule has 0 fully saturated rings. The van der Waals surface area contributed by atoms with Crippen molar-refractivity contribution in [1.29, 1.82) is 0 Å². The fourth-order valence-electron chi connectivity index (χ4n) is 1.80. The van der Waals surface area contributed by atoms with Gasteiger partial charge in [-0.25, -0.2) is 0 Å². The Balaban J connectivity index is 1.89. The fourth-order valence-corrected chi connectivity index (χ4v) is 1.80. The molecule has 1 aromatic carbocycles. The Morgan fingerprint density at radius 3 is 2.59 bits per heavy atom. The van der Waals surface area contributed by atoms with E-state index in [9.17, 15) is 5.11 Å². The summed E-state index contributed by atoms with van der Waals surface area (Å²) in [4.78, 5) is 3.13. The van der Waals surface area contributed by atoms with Crippen LogP contribution >= 0.6 is 0 Å². The van der Waals surface area contributed by atoms with Crippen molar-refractivity contribution in [2.45, 2.75) is 25.6 Å². The minimum Gasteiger partial charge on any atom is -0.387 e. The van der Waals surface area contributed by atoms with Crippen molar-refractivity contribution in [3.05, 3.63) is 59.9 Å². The number of rotatable bonds is 5. The van der Waals surface area contributed by atoms with Gasteiger partial charge >= 0.3 is 0 Å². The normalized spacial score (nSPS) is 14.5. The standard InChI is InChI=1S/C14H18N2O/c1-11(16-10-13-8-5-9-15-13)14(17)12-6-3-2-4-7-12/h2-9,11,14-17H,10H2,1H3/t11-,14-/m0/s1. The maximum Gasteiger partial charge on any atom is 0.0940 e. The highest BCUT2D eigenvalue weighted by Gasteiger charge is 2.15. The molecule has 0 bridgehead atoms. The van der Waals surface area contributed by atoms with Crippen molar-refractivity contribution in [3.8, 4) is 0 Å². The Hall–Kier alpha value is -1.58. The lowest BCUT2D eigenvalue weighted by molar-refractivity contribution is 0.135. The van der Waals surface area contributed by atoms with Crippen LogP contribution in [0.25, 0.3) is 0 Å². The third-order valence-electron chi connectivity index (χ3n) is 2.89. The van der Waals surface area contributed by atoms with Crippen LogP contribution in [0.4, 0.5) is 0 Å². The van der Waals surface area contributed by atoms with Gasteiger partial charge in [-0.3, -0.25) is 0 Å². The van der Waals surface area contributed by atoms with Gasteiger partial charge in [0.2, 0.25) is 0 Å². The summed E-state index contributed by atoms with van der Waals surface area (Å²) in [7, 11) is 0. The monoisotopic (exact) mass is 230 g/mol. The number of aliphatic hydroxyl groups excluding tert-OH is 1. The van der Waals surface area contributed by atoms with Gasteiger partial charge in [-0.05, 0) is 24.6 Å². The molecule has 3 nitrogen and oxygen atoms in total. The van der Waals surface area contributed by atoms with Gasteiger partial charge < -0.3 is 15.4 Å². The van der Waals surface area contributed by atoms with E-state index in [4.69, 9.17) is 0 Å². The van der Waals surface area contributed by atoms with Gasteiger partial charge in [-0.15, -0.1) is 0 Å². The van der Waals surface area contributed by atoms with Crippen LogP contribution in [-0.2, 0) is 6.54 Å². The summed E-state index contributed by atoms with van der Waals surface area (Å²) in [6.45, 7) is 2.72. The fraction of sp³-hybridized carbons (Fsp3) is 0.286. The second-order valence-corrected chi connectivity index (χ2v) is 4.22. The minimum absolute atomic E-state index is 0.0145. The predicted octanol–water partition coefficient (Wildman–Crippen LogP) is 2.23. The first-order valence-corrected chi connectivity index (χ1v) is 5.86. The molecular formula is C14H18N2O. The number of H-pyrrole nitrogens is 1. The van der Waals surface area contributed by atoms with E-state index < -0.39 is 6.10 Å². The molecule has 0 saturated carbocycles. The van der Waals surface area contributed by atoms with Gasteiger partial charge in [0.15, 0.2) is 0 Å². The van der Waals surface area contributed by atoms with E-state index in [-0.39, 0.29) is 6.04 Å². The predicted molar refractivity (Wildman–Crippen MR) is 68.5 cm³/mol.